The quantitative estimate of drug-likeness (QED) is 0.0697. The van der Waals surface area contributed by atoms with Gasteiger partial charge in [-0.3, -0.25) is 19.3 Å². The van der Waals surface area contributed by atoms with Gasteiger partial charge in [-0.25, -0.2) is 0 Å². The minimum absolute atomic E-state index is 0.175. The van der Waals surface area contributed by atoms with Crippen molar-refractivity contribution < 1.29 is 18.9 Å². The monoisotopic (exact) mass is 594 g/mol. The Morgan fingerprint density at radius 2 is 1.05 bits per heavy atom. The predicted molar refractivity (Wildman–Crippen MR) is 176 cm³/mol. The van der Waals surface area contributed by atoms with E-state index in [0.29, 0.717) is 32.4 Å². The third-order valence-corrected chi connectivity index (χ3v) is 8.91. The highest BCUT2D eigenvalue weighted by atomic mass is 16.2. The summed E-state index contributed by atoms with van der Waals surface area (Å²) in [5, 5.41) is 6.32. The molecule has 0 saturated carbocycles. The van der Waals surface area contributed by atoms with Gasteiger partial charge in [-0.15, -0.1) is 0 Å². The number of quaternary nitrogens is 1. The van der Waals surface area contributed by atoms with Crippen LogP contribution in [-0.2, 0) is 14.4 Å². The average Bonchev–Trinajstić information content (AvgIpc) is 3.39. The van der Waals surface area contributed by atoms with Gasteiger partial charge in [0.1, 0.15) is 0 Å². The molecule has 0 spiro atoms. The highest BCUT2D eigenvalue weighted by Crippen LogP contribution is 2.19. The molecule has 0 unspecified atom stereocenters. The molecule has 42 heavy (non-hydrogen) atoms. The zero-order valence-electron chi connectivity index (χ0n) is 28.1. The smallest absolute Gasteiger partial charge is 0.226 e. The molecule has 246 valence electrons. The number of amides is 3. The molecule has 1 aliphatic rings. The van der Waals surface area contributed by atoms with Gasteiger partial charge in [-0.05, 0) is 25.7 Å². The molecule has 1 saturated heterocycles. The predicted octanol–water partition coefficient (Wildman–Crippen LogP) is 7.48. The lowest BCUT2D eigenvalue weighted by molar-refractivity contribution is -0.936. The summed E-state index contributed by atoms with van der Waals surface area (Å²) >= 11 is 0. The van der Waals surface area contributed by atoms with E-state index in [1.165, 1.54) is 64.2 Å². The number of likely N-dealkylation sites (tertiary alicyclic amines) is 1. The highest BCUT2D eigenvalue weighted by Gasteiger charge is 2.33. The van der Waals surface area contributed by atoms with Crippen LogP contribution in [0.15, 0.2) is 0 Å². The van der Waals surface area contributed by atoms with E-state index in [9.17, 15) is 14.4 Å². The molecule has 0 aliphatic carbocycles. The van der Waals surface area contributed by atoms with Gasteiger partial charge in [0, 0.05) is 51.7 Å². The standard InChI is InChI=1S/C35H68N4O3/c1-4-7-10-12-14-16-18-23-33(40)36-26-21-30-39(29-9-6-3,32-38-28-20-25-35(38)42)31-22-27-37-34(41)24-19-17-15-13-11-8-5-2/h4-32H2,1-3H3,(H-,36,37,40,41)/p+1. The fourth-order valence-electron chi connectivity index (χ4n) is 6.20. The Balaban J connectivity index is 2.48. The maximum atomic E-state index is 12.6. The fraction of sp³-hybridized carbons (Fsp3) is 0.914. The van der Waals surface area contributed by atoms with Crippen molar-refractivity contribution >= 4 is 17.7 Å². The molecule has 1 heterocycles. The Labute approximate surface area is 259 Å². The Morgan fingerprint density at radius 1 is 0.619 bits per heavy atom. The minimum Gasteiger partial charge on any atom is -0.356 e. The SMILES string of the molecule is CCCCCCCCCC(=O)NCCC[N+](CCCC)(CCCNC(=O)CCCCCCCCC)CN1CCCC1=O. The largest absolute Gasteiger partial charge is 0.356 e. The molecule has 7 heteroatoms. The van der Waals surface area contributed by atoms with Gasteiger partial charge in [0.15, 0.2) is 6.67 Å². The van der Waals surface area contributed by atoms with Gasteiger partial charge >= 0.3 is 0 Å². The van der Waals surface area contributed by atoms with Gasteiger partial charge in [-0.1, -0.05) is 104 Å². The van der Waals surface area contributed by atoms with Crippen molar-refractivity contribution in [3.8, 4) is 0 Å². The molecule has 0 aromatic carbocycles. The second-order valence-corrected chi connectivity index (χ2v) is 12.9. The lowest BCUT2D eigenvalue weighted by Gasteiger charge is -2.41. The lowest BCUT2D eigenvalue weighted by atomic mass is 10.1. The Morgan fingerprint density at radius 3 is 1.48 bits per heavy atom. The van der Waals surface area contributed by atoms with Gasteiger partial charge < -0.3 is 15.1 Å². The summed E-state index contributed by atoms with van der Waals surface area (Å²) in [6.07, 6.45) is 24.1. The van der Waals surface area contributed by atoms with Crippen LogP contribution in [0.25, 0.3) is 0 Å². The van der Waals surface area contributed by atoms with Crippen molar-refractivity contribution in [2.45, 2.75) is 162 Å². The zero-order chi connectivity index (χ0) is 30.7. The number of nitrogens with one attached hydrogen (secondary N) is 2. The maximum Gasteiger partial charge on any atom is 0.226 e. The van der Waals surface area contributed by atoms with Crippen molar-refractivity contribution in [2.75, 3.05) is 45.9 Å². The first kappa shape index (κ1) is 38.4. The van der Waals surface area contributed by atoms with E-state index in [4.69, 9.17) is 0 Å². The first-order valence-electron chi connectivity index (χ1n) is 18.1. The van der Waals surface area contributed by atoms with Gasteiger partial charge in [0.25, 0.3) is 0 Å². The molecule has 1 fully saturated rings. The summed E-state index contributed by atoms with van der Waals surface area (Å²) in [5.41, 5.74) is 0. The Bertz CT molecular complexity index is 662. The van der Waals surface area contributed by atoms with Crippen LogP contribution in [-0.4, -0.2) is 73.0 Å². The van der Waals surface area contributed by atoms with Gasteiger partial charge in [-0.2, -0.15) is 0 Å². The topological polar surface area (TPSA) is 78.5 Å². The van der Waals surface area contributed by atoms with Crippen LogP contribution in [0, 0.1) is 0 Å². The van der Waals surface area contributed by atoms with E-state index in [2.05, 4.69) is 36.3 Å². The number of rotatable bonds is 29. The third kappa shape index (κ3) is 19.5. The number of unbranched alkanes of at least 4 members (excludes halogenated alkanes) is 13. The number of carbonyl (C=O) groups excluding carboxylic acids is 3. The second-order valence-electron chi connectivity index (χ2n) is 12.9. The van der Waals surface area contributed by atoms with E-state index in [-0.39, 0.29) is 17.7 Å². The van der Waals surface area contributed by atoms with Crippen molar-refractivity contribution in [3.05, 3.63) is 0 Å². The zero-order valence-corrected chi connectivity index (χ0v) is 28.1. The van der Waals surface area contributed by atoms with Crippen molar-refractivity contribution in [3.63, 3.8) is 0 Å². The normalized spacial score (nSPS) is 13.6. The molecule has 0 aromatic heterocycles. The Kier molecular flexibility index (Phi) is 23.6. The maximum absolute atomic E-state index is 12.6. The summed E-state index contributed by atoms with van der Waals surface area (Å²) in [5.74, 6) is 0.627. The summed E-state index contributed by atoms with van der Waals surface area (Å²) in [6.45, 7) is 12.7. The molecular weight excluding hydrogens is 524 g/mol. The molecule has 0 bridgehead atoms. The van der Waals surface area contributed by atoms with Crippen LogP contribution < -0.4 is 10.6 Å². The molecule has 3 amide bonds. The third-order valence-electron chi connectivity index (χ3n) is 8.91. The molecule has 0 atom stereocenters. The van der Waals surface area contributed by atoms with E-state index in [1.54, 1.807) is 0 Å². The van der Waals surface area contributed by atoms with Crippen LogP contribution in [0.1, 0.15) is 162 Å². The van der Waals surface area contributed by atoms with Crippen LogP contribution in [0.4, 0.5) is 0 Å². The molecule has 7 nitrogen and oxygen atoms in total. The molecule has 1 aliphatic heterocycles. The fourth-order valence-corrected chi connectivity index (χ4v) is 6.20. The number of nitrogens with zero attached hydrogens (tertiary/aromatic N) is 2. The van der Waals surface area contributed by atoms with Crippen LogP contribution >= 0.6 is 0 Å². The Hall–Kier alpha value is -1.63. The number of hydrogen-bond acceptors (Lipinski definition) is 3. The van der Waals surface area contributed by atoms with Gasteiger partial charge in [0.05, 0.1) is 19.6 Å². The van der Waals surface area contributed by atoms with Crippen LogP contribution in [0.3, 0.4) is 0 Å². The molecule has 0 aromatic rings. The lowest BCUT2D eigenvalue weighted by Crippen LogP contribution is -2.57. The summed E-state index contributed by atoms with van der Waals surface area (Å²) in [6, 6.07) is 0. The molecule has 0 radical (unpaired) electrons. The highest BCUT2D eigenvalue weighted by molar-refractivity contribution is 5.78. The van der Waals surface area contributed by atoms with Crippen LogP contribution in [0.5, 0.6) is 0 Å². The van der Waals surface area contributed by atoms with E-state index in [0.717, 1.165) is 95.1 Å². The van der Waals surface area contributed by atoms with Crippen molar-refractivity contribution in [1.82, 2.24) is 15.5 Å². The first-order chi connectivity index (χ1) is 20.5. The summed E-state index contributed by atoms with van der Waals surface area (Å²) < 4.78 is 0.876. The number of carbonyl (C=O) groups is 3. The molecular formula is C35H69N4O3+. The second kappa shape index (κ2) is 25.8. The van der Waals surface area contributed by atoms with Crippen LogP contribution in [0.2, 0.25) is 0 Å². The summed E-state index contributed by atoms with van der Waals surface area (Å²) in [4.78, 5) is 39.5. The van der Waals surface area contributed by atoms with Crippen molar-refractivity contribution in [1.29, 1.82) is 0 Å². The first-order valence-corrected chi connectivity index (χ1v) is 18.1. The minimum atomic E-state index is 0.175. The average molecular weight is 594 g/mol. The molecule has 2 N–H and O–H groups in total. The summed E-state index contributed by atoms with van der Waals surface area (Å²) in [7, 11) is 0. The van der Waals surface area contributed by atoms with Crippen molar-refractivity contribution in [2.24, 2.45) is 0 Å². The van der Waals surface area contributed by atoms with E-state index >= 15 is 0 Å². The van der Waals surface area contributed by atoms with E-state index < -0.39 is 0 Å². The van der Waals surface area contributed by atoms with Gasteiger partial charge in [0.2, 0.25) is 17.7 Å². The van der Waals surface area contributed by atoms with E-state index in [1.807, 2.05) is 0 Å². The number of hydrogen-bond donors (Lipinski definition) is 2. The molecule has 1 rings (SSSR count).